The highest BCUT2D eigenvalue weighted by Crippen LogP contribution is 2.24. The summed E-state index contributed by atoms with van der Waals surface area (Å²) in [6.07, 6.45) is 3.35. The van der Waals surface area contributed by atoms with Gasteiger partial charge in [0.1, 0.15) is 5.76 Å². The van der Waals surface area contributed by atoms with Crippen molar-refractivity contribution in [1.82, 2.24) is 20.3 Å². The van der Waals surface area contributed by atoms with Gasteiger partial charge in [-0.1, -0.05) is 16.9 Å². The molecule has 0 bridgehead atoms. The van der Waals surface area contributed by atoms with E-state index in [0.717, 1.165) is 19.4 Å². The van der Waals surface area contributed by atoms with Crippen LogP contribution < -0.4 is 0 Å². The van der Waals surface area contributed by atoms with Gasteiger partial charge in [0.25, 0.3) is 11.1 Å². The van der Waals surface area contributed by atoms with Crippen LogP contribution in [0.1, 0.15) is 31.9 Å². The number of aryl methyl sites for hydroxylation is 1. The average Bonchev–Trinajstić information content (AvgIpc) is 3.14. The number of nitrogens with zero attached hydrogens (tertiary/aromatic N) is 4. The minimum Gasteiger partial charge on any atom is -0.409 e. The summed E-state index contributed by atoms with van der Waals surface area (Å²) in [6, 6.07) is 2.04. The molecule has 1 fully saturated rings. The lowest BCUT2D eigenvalue weighted by molar-refractivity contribution is -0.131. The van der Waals surface area contributed by atoms with Crippen LogP contribution in [-0.2, 0) is 4.79 Å². The van der Waals surface area contributed by atoms with Gasteiger partial charge in [-0.2, -0.15) is 0 Å². The second-order valence-corrected chi connectivity index (χ2v) is 6.34. The molecule has 22 heavy (non-hydrogen) atoms. The van der Waals surface area contributed by atoms with Crippen molar-refractivity contribution in [3.63, 3.8) is 0 Å². The minimum absolute atomic E-state index is 0.120. The maximum Gasteiger partial charge on any atom is 0.277 e. The number of thioether (sulfide) groups is 1. The van der Waals surface area contributed by atoms with Crippen LogP contribution in [0.4, 0.5) is 0 Å². The third-order valence-corrected chi connectivity index (χ3v) is 4.50. The van der Waals surface area contributed by atoms with E-state index in [2.05, 4.69) is 22.3 Å². The molecule has 1 atom stereocenters. The molecule has 3 rings (SSSR count). The Balaban J connectivity index is 1.57. The highest BCUT2D eigenvalue weighted by Gasteiger charge is 2.23. The molecule has 1 saturated heterocycles. The lowest BCUT2D eigenvalue weighted by Crippen LogP contribution is -2.42. The predicted molar refractivity (Wildman–Crippen MR) is 80.3 cm³/mol. The lowest BCUT2D eigenvalue weighted by Gasteiger charge is -2.33. The number of rotatable bonds is 4. The average molecular weight is 322 g/mol. The van der Waals surface area contributed by atoms with Crippen molar-refractivity contribution in [2.24, 2.45) is 0 Å². The number of carbonyl (C=O) groups excluding carboxylic acids is 1. The Kier molecular flexibility index (Phi) is 4.47. The van der Waals surface area contributed by atoms with E-state index in [4.69, 9.17) is 8.94 Å². The lowest BCUT2D eigenvalue weighted by atomic mass is 10.0. The number of hydrogen-bond donors (Lipinski definition) is 0. The molecule has 0 radical (unpaired) electrons. The van der Waals surface area contributed by atoms with Crippen molar-refractivity contribution in [2.45, 2.75) is 44.4 Å². The third kappa shape index (κ3) is 3.32. The second kappa shape index (κ2) is 6.51. The van der Waals surface area contributed by atoms with Gasteiger partial charge in [0.05, 0.1) is 5.75 Å². The Bertz CT molecular complexity index is 654. The number of carbonyl (C=O) groups is 1. The molecule has 118 valence electrons. The summed E-state index contributed by atoms with van der Waals surface area (Å²) in [5, 5.41) is 12.0. The number of likely N-dealkylation sites (tertiary alicyclic amines) is 1. The number of piperidine rings is 1. The number of amides is 1. The molecule has 2 aromatic rings. The first-order valence-electron chi connectivity index (χ1n) is 7.33. The maximum atomic E-state index is 12.2. The van der Waals surface area contributed by atoms with Gasteiger partial charge in [-0.05, 0) is 33.1 Å². The van der Waals surface area contributed by atoms with Gasteiger partial charge in [0.2, 0.25) is 5.91 Å². The fourth-order valence-corrected chi connectivity index (χ4v) is 3.16. The Morgan fingerprint density at radius 2 is 2.32 bits per heavy atom. The summed E-state index contributed by atoms with van der Waals surface area (Å²) in [6.45, 7) is 4.73. The Morgan fingerprint density at radius 1 is 1.45 bits per heavy atom. The number of hydrogen-bond acceptors (Lipinski definition) is 7. The van der Waals surface area contributed by atoms with Crippen LogP contribution in [-0.4, -0.2) is 44.5 Å². The molecule has 8 heteroatoms. The van der Waals surface area contributed by atoms with E-state index in [1.807, 2.05) is 4.90 Å². The summed E-state index contributed by atoms with van der Waals surface area (Å²) in [5.41, 5.74) is 0.507. The van der Waals surface area contributed by atoms with Gasteiger partial charge in [0, 0.05) is 18.7 Å². The van der Waals surface area contributed by atoms with Gasteiger partial charge in [-0.3, -0.25) is 4.79 Å². The first-order chi connectivity index (χ1) is 10.6. The van der Waals surface area contributed by atoms with Gasteiger partial charge in [0.15, 0.2) is 5.69 Å². The van der Waals surface area contributed by atoms with Crippen molar-refractivity contribution in [2.75, 3.05) is 12.3 Å². The fourth-order valence-electron chi connectivity index (χ4n) is 2.51. The molecule has 2 aromatic heterocycles. The molecule has 0 aromatic carbocycles. The Labute approximate surface area is 132 Å². The van der Waals surface area contributed by atoms with Crippen molar-refractivity contribution in [3.8, 4) is 11.6 Å². The van der Waals surface area contributed by atoms with Crippen molar-refractivity contribution in [3.05, 3.63) is 11.8 Å². The summed E-state index contributed by atoms with van der Waals surface area (Å²) < 4.78 is 10.5. The zero-order chi connectivity index (χ0) is 15.5. The van der Waals surface area contributed by atoms with Gasteiger partial charge >= 0.3 is 0 Å². The normalized spacial score (nSPS) is 18.6. The summed E-state index contributed by atoms with van der Waals surface area (Å²) in [7, 11) is 0. The molecule has 1 amide bonds. The van der Waals surface area contributed by atoms with E-state index in [9.17, 15) is 4.79 Å². The summed E-state index contributed by atoms with van der Waals surface area (Å²) >= 11 is 1.26. The molecule has 3 heterocycles. The van der Waals surface area contributed by atoms with Crippen LogP contribution in [0.25, 0.3) is 11.6 Å². The highest BCUT2D eigenvalue weighted by molar-refractivity contribution is 7.99. The van der Waals surface area contributed by atoms with Gasteiger partial charge in [-0.15, -0.1) is 10.2 Å². The Hall–Kier alpha value is -1.83. The first kappa shape index (κ1) is 15.1. The maximum absolute atomic E-state index is 12.2. The third-order valence-electron chi connectivity index (χ3n) is 3.70. The van der Waals surface area contributed by atoms with Crippen molar-refractivity contribution in [1.29, 1.82) is 0 Å². The molecular weight excluding hydrogens is 304 g/mol. The van der Waals surface area contributed by atoms with E-state index >= 15 is 0 Å². The molecular formula is C14H18N4O3S. The summed E-state index contributed by atoms with van der Waals surface area (Å²) in [5.74, 6) is 1.41. The van der Waals surface area contributed by atoms with Crippen LogP contribution in [0.2, 0.25) is 0 Å². The first-order valence-corrected chi connectivity index (χ1v) is 8.31. The molecule has 1 unspecified atom stereocenters. The molecule has 0 saturated carbocycles. The van der Waals surface area contributed by atoms with Crippen LogP contribution in [0, 0.1) is 6.92 Å². The topological polar surface area (TPSA) is 85.3 Å². The van der Waals surface area contributed by atoms with Crippen LogP contribution in [0.15, 0.2) is 20.2 Å². The molecule has 0 N–H and O–H groups in total. The van der Waals surface area contributed by atoms with Crippen LogP contribution >= 0.6 is 11.8 Å². The molecule has 0 aliphatic carbocycles. The molecule has 0 spiro atoms. The van der Waals surface area contributed by atoms with E-state index in [0.29, 0.717) is 34.4 Å². The van der Waals surface area contributed by atoms with Crippen LogP contribution in [0.5, 0.6) is 0 Å². The fraction of sp³-hybridized carbons (Fsp3) is 0.571. The van der Waals surface area contributed by atoms with E-state index in [1.165, 1.54) is 18.2 Å². The predicted octanol–water partition coefficient (Wildman–Crippen LogP) is 2.53. The minimum atomic E-state index is 0.120. The molecule has 7 nitrogen and oxygen atoms in total. The SMILES string of the molecule is Cc1cc(-c2nnc(SCC(=O)N3CCCCC3C)o2)no1. The van der Waals surface area contributed by atoms with E-state index in [-0.39, 0.29) is 5.91 Å². The van der Waals surface area contributed by atoms with E-state index in [1.54, 1.807) is 13.0 Å². The highest BCUT2D eigenvalue weighted by atomic mass is 32.2. The van der Waals surface area contributed by atoms with Crippen molar-refractivity contribution >= 4 is 17.7 Å². The van der Waals surface area contributed by atoms with Crippen LogP contribution in [0.3, 0.4) is 0 Å². The monoisotopic (exact) mass is 322 g/mol. The smallest absolute Gasteiger partial charge is 0.277 e. The molecule has 1 aliphatic rings. The largest absolute Gasteiger partial charge is 0.409 e. The zero-order valence-electron chi connectivity index (χ0n) is 12.6. The molecule has 1 aliphatic heterocycles. The van der Waals surface area contributed by atoms with Crippen molar-refractivity contribution < 1.29 is 13.7 Å². The van der Waals surface area contributed by atoms with E-state index < -0.39 is 0 Å². The van der Waals surface area contributed by atoms with Gasteiger partial charge < -0.3 is 13.8 Å². The summed E-state index contributed by atoms with van der Waals surface area (Å²) in [4.78, 5) is 14.2. The van der Waals surface area contributed by atoms with Gasteiger partial charge in [-0.25, -0.2) is 0 Å². The second-order valence-electron chi connectivity index (χ2n) is 5.42. The standard InChI is InChI=1S/C14H18N4O3S/c1-9-5-3-4-6-18(9)12(19)8-22-14-16-15-13(20-14)11-7-10(2)21-17-11/h7,9H,3-6,8H2,1-2H3. The Morgan fingerprint density at radius 3 is 3.05 bits per heavy atom. The zero-order valence-corrected chi connectivity index (χ0v) is 13.4. The number of aromatic nitrogens is 3. The quantitative estimate of drug-likeness (QED) is 0.799.